The molecule has 3 rings (SSSR count). The predicted octanol–water partition coefficient (Wildman–Crippen LogP) is 3.04. The van der Waals surface area contributed by atoms with E-state index in [9.17, 15) is 24.6 Å². The van der Waals surface area contributed by atoms with Crippen molar-refractivity contribution in [2.75, 3.05) is 0 Å². The maximum absolute atomic E-state index is 10.8. The summed E-state index contributed by atoms with van der Waals surface area (Å²) in [6.45, 7) is 0. The maximum atomic E-state index is 9.88. The van der Waals surface area contributed by atoms with Crippen LogP contribution in [-0.4, -0.2) is 18.6 Å². The van der Waals surface area contributed by atoms with Crippen LogP contribution in [0.3, 0.4) is 0 Å². The van der Waals surface area contributed by atoms with Gasteiger partial charge in [0.05, 0.1) is 0 Å². The standard InChI is InChI=1S/C12H10N4.F6Si/c1-2-12(16-8-6-14-10-16)4-3-11(1)15-7-5-13-9-15;1-7(2,3,4,5)6/h1-10H;/q;-2/p+2. The summed E-state index contributed by atoms with van der Waals surface area (Å²) in [6.07, 6.45) is 11.6. The molecule has 0 amide bonds. The Bertz CT molecular complexity index is 684. The molecule has 0 aliphatic carbocycles. The van der Waals surface area contributed by atoms with Gasteiger partial charge in [0, 0.05) is 0 Å². The Hall–Kier alpha value is -2.56. The summed E-state index contributed by atoms with van der Waals surface area (Å²) < 4.78 is 63.4. The van der Waals surface area contributed by atoms with E-state index in [4.69, 9.17) is 0 Å². The van der Waals surface area contributed by atoms with Gasteiger partial charge in [-0.25, -0.2) is 19.1 Å². The first kappa shape index (κ1) is 16.8. The largest absolute Gasteiger partial charge is 0.250 e. The number of aromatic amines is 2. The number of hydrogen-bond acceptors (Lipinski definition) is 0. The van der Waals surface area contributed by atoms with E-state index in [2.05, 4.69) is 34.2 Å². The normalized spacial score (nSPS) is 14.3. The Morgan fingerprint density at radius 1 is 0.652 bits per heavy atom. The third kappa shape index (κ3) is 6.82. The molecule has 0 aliphatic heterocycles. The number of nitrogens with zero attached hydrogens (tertiary/aromatic N) is 2. The molecule has 2 heterocycles. The number of aromatic nitrogens is 4. The zero-order valence-corrected chi connectivity index (χ0v) is 12.4. The molecule has 0 saturated carbocycles. The van der Waals surface area contributed by atoms with Crippen LogP contribution < -0.4 is 9.13 Å². The molecule has 0 spiro atoms. The van der Waals surface area contributed by atoms with Gasteiger partial charge in [-0.05, 0) is 24.3 Å². The predicted molar refractivity (Wildman–Crippen MR) is 70.6 cm³/mol. The summed E-state index contributed by atoms with van der Waals surface area (Å²) in [4.78, 5) is 6.05. The molecule has 23 heavy (non-hydrogen) atoms. The van der Waals surface area contributed by atoms with Crippen molar-refractivity contribution in [2.24, 2.45) is 0 Å². The number of imidazole rings is 2. The number of H-pyrrole nitrogens is 2. The summed E-state index contributed by atoms with van der Waals surface area (Å²) in [5.41, 5.74) is 2.28. The SMILES string of the molecule is F[Si-2](F)(F)(F)(F)F.c1c[n+](-c2ccc(-[n+]3cc[nH]c3)cc2)c[nH]1. The van der Waals surface area contributed by atoms with Gasteiger partial charge in [-0.1, -0.05) is 0 Å². The van der Waals surface area contributed by atoms with Crippen LogP contribution in [0, 0.1) is 0 Å². The molecule has 0 radical (unpaired) electrons. The van der Waals surface area contributed by atoms with Gasteiger partial charge in [-0.15, -0.1) is 0 Å². The zero-order chi connectivity index (χ0) is 17.2. The van der Waals surface area contributed by atoms with Crippen molar-refractivity contribution >= 4 is 8.63 Å². The van der Waals surface area contributed by atoms with Crippen LogP contribution in [0.1, 0.15) is 0 Å². The van der Waals surface area contributed by atoms with E-state index in [0.29, 0.717) is 0 Å². The smallest absolute Gasteiger partial charge is 0.246 e. The molecular weight excluding hydrogens is 342 g/mol. The third-order valence-electron chi connectivity index (χ3n) is 2.54. The third-order valence-corrected chi connectivity index (χ3v) is 2.54. The summed E-state index contributed by atoms with van der Waals surface area (Å²) in [7, 11) is -10.8. The molecule has 2 aromatic heterocycles. The topological polar surface area (TPSA) is 39.3 Å². The number of halogens is 6. The van der Waals surface area contributed by atoms with Gasteiger partial charge in [0.2, 0.25) is 12.7 Å². The van der Waals surface area contributed by atoms with Crippen molar-refractivity contribution in [2.45, 2.75) is 0 Å². The second kappa shape index (κ2) is 4.98. The second-order valence-corrected chi connectivity index (χ2v) is 6.77. The van der Waals surface area contributed by atoms with Crippen molar-refractivity contribution < 1.29 is 33.8 Å². The number of benzene rings is 1. The fourth-order valence-corrected chi connectivity index (χ4v) is 1.70. The summed E-state index contributed by atoms with van der Waals surface area (Å²) >= 11 is 0. The molecule has 3 aromatic rings. The summed E-state index contributed by atoms with van der Waals surface area (Å²) in [5, 5.41) is 0. The fraction of sp³-hybridized carbons (Fsp3) is 0. The number of rotatable bonds is 2. The Morgan fingerprint density at radius 3 is 1.17 bits per heavy atom. The van der Waals surface area contributed by atoms with Gasteiger partial charge in [0.25, 0.3) is 0 Å². The molecule has 0 fully saturated rings. The van der Waals surface area contributed by atoms with Crippen LogP contribution in [0.2, 0.25) is 0 Å². The van der Waals surface area contributed by atoms with Gasteiger partial charge >= 0.3 is 33.3 Å². The Kier molecular flexibility index (Phi) is 3.64. The molecule has 4 nitrogen and oxygen atoms in total. The first-order chi connectivity index (χ1) is 10.4. The maximum Gasteiger partial charge on any atom is 0.246 e. The Balaban J connectivity index is 0.000000236. The van der Waals surface area contributed by atoms with E-state index in [-0.39, 0.29) is 0 Å². The first-order valence-electron chi connectivity index (χ1n) is 6.26. The van der Waals surface area contributed by atoms with Crippen LogP contribution in [-0.2, 0) is 0 Å². The molecule has 1 aromatic carbocycles. The number of hydrogen-bond donors (Lipinski definition) is 2. The van der Waals surface area contributed by atoms with Gasteiger partial charge in [0.1, 0.15) is 36.2 Å². The zero-order valence-electron chi connectivity index (χ0n) is 11.4. The minimum absolute atomic E-state index is 1.14. The molecule has 0 unspecified atom stereocenters. The molecule has 0 atom stereocenters. The fourth-order valence-electron chi connectivity index (χ4n) is 1.70. The van der Waals surface area contributed by atoms with Crippen LogP contribution in [0.4, 0.5) is 24.6 Å². The van der Waals surface area contributed by atoms with Crippen LogP contribution in [0.25, 0.3) is 11.4 Å². The average molecular weight is 354 g/mol. The van der Waals surface area contributed by atoms with Crippen LogP contribution in [0.5, 0.6) is 0 Å². The molecular formula is C12H12F6N4Si. The van der Waals surface area contributed by atoms with E-state index in [1.165, 1.54) is 0 Å². The molecule has 0 bridgehead atoms. The molecule has 11 heteroatoms. The summed E-state index contributed by atoms with van der Waals surface area (Å²) in [5.74, 6) is 0. The van der Waals surface area contributed by atoms with Gasteiger partial charge < -0.3 is 0 Å². The van der Waals surface area contributed by atoms with E-state index >= 15 is 0 Å². The van der Waals surface area contributed by atoms with E-state index in [1.807, 2.05) is 46.6 Å². The van der Waals surface area contributed by atoms with Gasteiger partial charge in [-0.3, -0.25) is 0 Å². The first-order valence-corrected chi connectivity index (χ1v) is 8.52. The van der Waals surface area contributed by atoms with Crippen molar-refractivity contribution in [3.63, 3.8) is 0 Å². The monoisotopic (exact) mass is 354 g/mol. The van der Waals surface area contributed by atoms with Crippen LogP contribution >= 0.6 is 0 Å². The second-order valence-electron chi connectivity index (χ2n) is 4.63. The minimum Gasteiger partial charge on any atom is -0.250 e. The van der Waals surface area contributed by atoms with Crippen molar-refractivity contribution in [3.8, 4) is 11.4 Å². The van der Waals surface area contributed by atoms with Gasteiger partial charge in [-0.2, -0.15) is 0 Å². The van der Waals surface area contributed by atoms with Crippen molar-refractivity contribution in [1.29, 1.82) is 0 Å². The van der Waals surface area contributed by atoms with Crippen molar-refractivity contribution in [1.82, 2.24) is 9.97 Å². The molecule has 0 aliphatic rings. The molecule has 126 valence electrons. The average Bonchev–Trinajstić information content (AvgIpc) is 3.09. The van der Waals surface area contributed by atoms with E-state index in [1.54, 1.807) is 0 Å². The quantitative estimate of drug-likeness (QED) is 0.307. The van der Waals surface area contributed by atoms with Gasteiger partial charge in [0.15, 0.2) is 0 Å². The van der Waals surface area contributed by atoms with E-state index in [0.717, 1.165) is 11.4 Å². The number of nitrogens with one attached hydrogen (secondary N) is 2. The molecule has 2 N–H and O–H groups in total. The van der Waals surface area contributed by atoms with Crippen molar-refractivity contribution in [3.05, 3.63) is 61.7 Å². The Labute approximate surface area is 126 Å². The van der Waals surface area contributed by atoms with E-state index < -0.39 is 8.63 Å². The Morgan fingerprint density at radius 2 is 0.957 bits per heavy atom. The summed E-state index contributed by atoms with van der Waals surface area (Å²) in [6, 6.07) is 8.35. The molecule has 0 saturated heterocycles. The minimum atomic E-state index is -10.8. The van der Waals surface area contributed by atoms with Crippen LogP contribution in [0.15, 0.2) is 61.7 Å².